The van der Waals surface area contributed by atoms with Crippen molar-refractivity contribution in [3.05, 3.63) is 121 Å². The Morgan fingerprint density at radius 2 is 0.885 bits per heavy atom. The molecule has 0 N–H and O–H groups in total. The van der Waals surface area contributed by atoms with Crippen molar-refractivity contribution >= 4 is 31.6 Å². The minimum absolute atomic E-state index is 0. The van der Waals surface area contributed by atoms with Crippen molar-refractivity contribution in [1.82, 2.24) is 0 Å². The third kappa shape index (κ3) is 13.3. The van der Waals surface area contributed by atoms with Crippen molar-refractivity contribution in [2.45, 2.75) is 0 Å². The van der Waals surface area contributed by atoms with E-state index in [1.54, 1.807) is 0 Å². The van der Waals surface area contributed by atoms with Crippen LogP contribution >= 0.6 is 21.0 Å². The minimum Gasteiger partial charge on any atom is -0.748 e. The SMILES string of the molecule is Cl.[Fe].[Pd].[cH-]1[cH-][cH-][cH-][cH-]1.c1cc[cH-]c1.c1ccc(Pc2ccccc2)cc1. The van der Waals surface area contributed by atoms with E-state index in [1.807, 2.05) is 60.7 Å². The van der Waals surface area contributed by atoms with Gasteiger partial charge in [0.15, 0.2) is 0 Å². The molecule has 0 amide bonds. The Bertz CT molecular complexity index is 600. The maximum Gasteiger partial charge on any atom is 0 e. The molecule has 0 saturated heterocycles. The van der Waals surface area contributed by atoms with Crippen molar-refractivity contribution in [2.24, 2.45) is 0 Å². The molecule has 0 heterocycles. The molecule has 0 atom stereocenters. The Labute approximate surface area is 189 Å². The first-order valence-electron chi connectivity index (χ1n) is 7.65. The summed E-state index contributed by atoms with van der Waals surface area (Å²) in [5, 5.41) is 2.79. The van der Waals surface area contributed by atoms with Gasteiger partial charge in [-0.1, -0.05) is 69.2 Å². The van der Waals surface area contributed by atoms with Crippen molar-refractivity contribution in [2.75, 3.05) is 0 Å². The molecule has 146 valence electrons. The van der Waals surface area contributed by atoms with Crippen LogP contribution in [0.15, 0.2) is 121 Å². The van der Waals surface area contributed by atoms with Gasteiger partial charge in [0.1, 0.15) is 0 Å². The number of hydrogen-bond acceptors (Lipinski definition) is 0. The summed E-state index contributed by atoms with van der Waals surface area (Å²) in [7, 11) is 0.777. The summed E-state index contributed by atoms with van der Waals surface area (Å²) in [6.45, 7) is 0. The molecule has 0 radical (unpaired) electrons. The Balaban J connectivity index is 0. The van der Waals surface area contributed by atoms with Gasteiger partial charge in [-0.05, 0) is 10.6 Å². The van der Waals surface area contributed by atoms with E-state index in [2.05, 4.69) is 60.7 Å². The van der Waals surface area contributed by atoms with Crippen LogP contribution in [0.2, 0.25) is 0 Å². The predicted molar refractivity (Wildman–Crippen MR) is 112 cm³/mol. The van der Waals surface area contributed by atoms with Crippen LogP contribution in [-0.2, 0) is 37.5 Å². The molecular weight excluding hydrogens is 493 g/mol. The maximum absolute atomic E-state index is 2.17. The van der Waals surface area contributed by atoms with Crippen LogP contribution in [0.25, 0.3) is 0 Å². The Morgan fingerprint density at radius 1 is 0.538 bits per heavy atom. The van der Waals surface area contributed by atoms with Crippen LogP contribution in [-0.4, -0.2) is 0 Å². The summed E-state index contributed by atoms with van der Waals surface area (Å²) in [6.07, 6.45) is 0. The molecule has 0 unspecified atom stereocenters. The topological polar surface area (TPSA) is 0 Å². The van der Waals surface area contributed by atoms with Crippen LogP contribution in [0.5, 0.6) is 0 Å². The van der Waals surface area contributed by atoms with Crippen LogP contribution in [0, 0.1) is 0 Å². The zero-order chi connectivity index (χ0) is 16.0. The van der Waals surface area contributed by atoms with Gasteiger partial charge in [-0.25, -0.2) is 12.1 Å². The minimum atomic E-state index is 0. The Kier molecular flexibility index (Phi) is 19.7. The Morgan fingerprint density at radius 3 is 1.15 bits per heavy atom. The fourth-order valence-corrected chi connectivity index (χ4v) is 2.90. The number of hydrogen-bond donors (Lipinski definition) is 0. The average Bonchev–Trinajstić information content (AvgIpc) is 3.35. The van der Waals surface area contributed by atoms with Gasteiger partial charge in [0.2, 0.25) is 0 Å². The first-order chi connectivity index (χ1) is 11.4. The molecule has 26 heavy (non-hydrogen) atoms. The van der Waals surface area contributed by atoms with Crippen LogP contribution in [0.4, 0.5) is 0 Å². The third-order valence-electron chi connectivity index (χ3n) is 2.95. The summed E-state index contributed by atoms with van der Waals surface area (Å²) < 4.78 is 0. The number of halogens is 1. The average molecular weight is 515 g/mol. The molecule has 0 aliphatic rings. The fraction of sp³-hybridized carbons (Fsp3) is 0. The number of rotatable bonds is 2. The summed E-state index contributed by atoms with van der Waals surface area (Å²) in [5.74, 6) is 0. The van der Waals surface area contributed by atoms with Gasteiger partial charge in [0.05, 0.1) is 0 Å². The summed E-state index contributed by atoms with van der Waals surface area (Å²) in [4.78, 5) is 0. The van der Waals surface area contributed by atoms with E-state index in [4.69, 9.17) is 0 Å². The van der Waals surface area contributed by atoms with Gasteiger partial charge in [-0.2, -0.15) is 18.2 Å². The molecule has 0 aliphatic carbocycles. The molecule has 4 rings (SSSR count). The summed E-state index contributed by atoms with van der Waals surface area (Å²) in [5.41, 5.74) is 0. The van der Waals surface area contributed by atoms with Gasteiger partial charge in [0, 0.05) is 37.5 Å². The second-order valence-electron chi connectivity index (χ2n) is 4.78. The standard InChI is InChI=1S/C12H11P.2C5H5.ClH.Fe.Pd/c1-3-7-11(8-4-1)13-12-9-5-2-6-10-12;2*1-2-4-5-3-1;;;/h1-10,13H;2*1-5H;1H;;/q;-5;-1;;;. The first-order valence-corrected chi connectivity index (χ1v) is 8.65. The maximum atomic E-state index is 2.17. The van der Waals surface area contributed by atoms with Crippen LogP contribution < -0.4 is 10.6 Å². The number of benzene rings is 2. The zero-order valence-electron chi connectivity index (χ0n) is 14.1. The van der Waals surface area contributed by atoms with E-state index in [9.17, 15) is 0 Å². The van der Waals surface area contributed by atoms with E-state index >= 15 is 0 Å². The molecule has 0 aliphatic heterocycles. The molecule has 4 aromatic carbocycles. The van der Waals surface area contributed by atoms with E-state index in [0.717, 1.165) is 8.58 Å². The first kappa shape index (κ1) is 27.3. The smallest absolute Gasteiger partial charge is 0 e. The predicted octanol–water partition coefficient (Wildman–Crippen LogP) is 5.54. The molecule has 0 aromatic heterocycles. The van der Waals surface area contributed by atoms with E-state index in [-0.39, 0.29) is 49.9 Å². The van der Waals surface area contributed by atoms with Gasteiger partial charge < -0.3 is 30.3 Å². The molecule has 0 saturated carbocycles. The van der Waals surface area contributed by atoms with E-state index in [0.29, 0.717) is 0 Å². The summed E-state index contributed by atoms with van der Waals surface area (Å²) in [6, 6.07) is 41.2. The van der Waals surface area contributed by atoms with E-state index in [1.165, 1.54) is 10.6 Å². The van der Waals surface area contributed by atoms with Crippen molar-refractivity contribution in [1.29, 1.82) is 0 Å². The molecule has 4 aromatic rings. The second kappa shape index (κ2) is 18.8. The van der Waals surface area contributed by atoms with Gasteiger partial charge >= 0.3 is 0 Å². The van der Waals surface area contributed by atoms with Crippen LogP contribution in [0.3, 0.4) is 0 Å². The zero-order valence-corrected chi connectivity index (χ0v) is 18.6. The monoisotopic (exact) mass is 514 g/mol. The fourth-order valence-electron chi connectivity index (χ4n) is 1.85. The third-order valence-corrected chi connectivity index (χ3v) is 4.19. The molecular formula is C22H22ClFePPd-6. The van der Waals surface area contributed by atoms with Gasteiger partial charge in [0.25, 0.3) is 0 Å². The van der Waals surface area contributed by atoms with Crippen molar-refractivity contribution in [3.63, 3.8) is 0 Å². The second-order valence-corrected chi connectivity index (χ2v) is 6.19. The van der Waals surface area contributed by atoms with Gasteiger partial charge in [-0.15, -0.1) is 12.4 Å². The molecule has 4 heteroatoms. The van der Waals surface area contributed by atoms with Crippen LogP contribution in [0.1, 0.15) is 0 Å². The normalized spacial score (nSPS) is 8.00. The quantitative estimate of drug-likeness (QED) is 0.187. The Hall–Kier alpha value is -0.958. The van der Waals surface area contributed by atoms with Crippen molar-refractivity contribution in [3.8, 4) is 0 Å². The van der Waals surface area contributed by atoms with E-state index < -0.39 is 0 Å². The molecule has 0 bridgehead atoms. The van der Waals surface area contributed by atoms with Crippen molar-refractivity contribution < 1.29 is 37.5 Å². The largest absolute Gasteiger partial charge is 0.748 e. The summed E-state index contributed by atoms with van der Waals surface area (Å²) >= 11 is 0. The van der Waals surface area contributed by atoms with Gasteiger partial charge in [-0.3, -0.25) is 0 Å². The molecule has 0 nitrogen and oxygen atoms in total. The molecule has 0 spiro atoms. The molecule has 0 fully saturated rings.